The van der Waals surface area contributed by atoms with E-state index in [4.69, 9.17) is 0 Å². The minimum Gasteiger partial charge on any atom is -0.507 e. The highest BCUT2D eigenvalue weighted by molar-refractivity contribution is 7.21. The van der Waals surface area contributed by atoms with Gasteiger partial charge in [0.25, 0.3) is 0 Å². The highest BCUT2D eigenvalue weighted by Gasteiger charge is 2.10. The molecule has 3 aromatic rings. The predicted molar refractivity (Wildman–Crippen MR) is 71.4 cm³/mol. The topological polar surface area (TPSA) is 33.1 Å². The number of aromatic hydroxyl groups is 1. The van der Waals surface area contributed by atoms with Gasteiger partial charge in [-0.05, 0) is 37.3 Å². The molecule has 1 aromatic heterocycles. The Morgan fingerprint density at radius 1 is 1.17 bits per heavy atom. The van der Waals surface area contributed by atoms with Crippen molar-refractivity contribution >= 4 is 21.6 Å². The first-order chi connectivity index (χ1) is 8.63. The lowest BCUT2D eigenvalue weighted by molar-refractivity contribution is 0.477. The van der Waals surface area contributed by atoms with Gasteiger partial charge in [0.1, 0.15) is 16.6 Å². The number of thiazole rings is 1. The number of hydrogen-bond donors (Lipinski definition) is 1. The molecular weight excluding hydrogens is 249 g/mol. The smallest absolute Gasteiger partial charge is 0.128 e. The molecule has 0 saturated heterocycles. The van der Waals surface area contributed by atoms with Crippen LogP contribution in [0.2, 0.25) is 0 Å². The number of hydrogen-bond acceptors (Lipinski definition) is 3. The highest BCUT2D eigenvalue weighted by atomic mass is 32.1. The van der Waals surface area contributed by atoms with E-state index in [0.29, 0.717) is 10.6 Å². The summed E-state index contributed by atoms with van der Waals surface area (Å²) in [5, 5.41) is 10.6. The van der Waals surface area contributed by atoms with E-state index in [-0.39, 0.29) is 11.6 Å². The minimum absolute atomic E-state index is 0.195. The summed E-state index contributed by atoms with van der Waals surface area (Å²) in [6.45, 7) is 1.95. The van der Waals surface area contributed by atoms with Crippen LogP contribution in [0, 0.1) is 12.7 Å². The fourth-order valence-corrected chi connectivity index (χ4v) is 2.85. The summed E-state index contributed by atoms with van der Waals surface area (Å²) < 4.78 is 13.9. The second kappa shape index (κ2) is 4.07. The Labute approximate surface area is 107 Å². The van der Waals surface area contributed by atoms with Crippen LogP contribution < -0.4 is 0 Å². The lowest BCUT2D eigenvalue weighted by Crippen LogP contribution is -1.79. The van der Waals surface area contributed by atoms with E-state index >= 15 is 0 Å². The third-order valence-electron chi connectivity index (χ3n) is 2.73. The van der Waals surface area contributed by atoms with Crippen molar-refractivity contribution in [2.75, 3.05) is 0 Å². The monoisotopic (exact) mass is 259 g/mol. The zero-order valence-corrected chi connectivity index (χ0v) is 10.5. The molecule has 90 valence electrons. The molecule has 18 heavy (non-hydrogen) atoms. The molecule has 2 aromatic carbocycles. The Bertz CT molecular complexity index is 736. The van der Waals surface area contributed by atoms with Gasteiger partial charge in [-0.15, -0.1) is 11.3 Å². The average Bonchev–Trinajstić information content (AvgIpc) is 2.74. The minimum atomic E-state index is -0.272. The highest BCUT2D eigenvalue weighted by Crippen LogP contribution is 2.35. The summed E-state index contributed by atoms with van der Waals surface area (Å²) in [4.78, 5) is 4.42. The summed E-state index contributed by atoms with van der Waals surface area (Å²) in [6, 6.07) is 9.87. The van der Waals surface area contributed by atoms with Gasteiger partial charge in [-0.1, -0.05) is 11.6 Å². The lowest BCUT2D eigenvalue weighted by Gasteiger charge is -2.01. The molecule has 0 radical (unpaired) electrons. The Morgan fingerprint density at radius 3 is 2.83 bits per heavy atom. The maximum absolute atomic E-state index is 13.1. The zero-order valence-electron chi connectivity index (χ0n) is 9.64. The molecule has 0 amide bonds. The summed E-state index contributed by atoms with van der Waals surface area (Å²) in [5.74, 6) is -0.0775. The third-order valence-corrected chi connectivity index (χ3v) is 3.78. The van der Waals surface area contributed by atoms with E-state index in [2.05, 4.69) is 4.98 Å². The zero-order chi connectivity index (χ0) is 12.7. The normalized spacial score (nSPS) is 11.0. The second-order valence-corrected chi connectivity index (χ2v) is 5.18. The molecule has 1 heterocycles. The van der Waals surface area contributed by atoms with E-state index in [1.165, 1.54) is 23.5 Å². The van der Waals surface area contributed by atoms with Crippen LogP contribution >= 0.6 is 11.3 Å². The van der Waals surface area contributed by atoms with Crippen LogP contribution in [0.25, 0.3) is 20.8 Å². The fraction of sp³-hybridized carbons (Fsp3) is 0.0714. The number of nitrogens with zero attached hydrogens (tertiary/aromatic N) is 1. The van der Waals surface area contributed by atoms with Crippen molar-refractivity contribution in [3.05, 3.63) is 47.8 Å². The van der Waals surface area contributed by atoms with Gasteiger partial charge >= 0.3 is 0 Å². The van der Waals surface area contributed by atoms with Crippen LogP contribution in [-0.2, 0) is 0 Å². The lowest BCUT2D eigenvalue weighted by atomic mass is 10.1. The van der Waals surface area contributed by atoms with Gasteiger partial charge in [-0.3, -0.25) is 0 Å². The number of aromatic nitrogens is 1. The first kappa shape index (κ1) is 11.2. The van der Waals surface area contributed by atoms with Crippen LogP contribution in [0.15, 0.2) is 36.4 Å². The number of aryl methyl sites for hydroxylation is 1. The molecule has 2 nitrogen and oxygen atoms in total. The molecular formula is C14H10FNOS. The molecule has 0 fully saturated rings. The van der Waals surface area contributed by atoms with Crippen molar-refractivity contribution in [2.45, 2.75) is 6.92 Å². The van der Waals surface area contributed by atoms with Crippen molar-refractivity contribution in [1.29, 1.82) is 0 Å². The molecule has 0 bridgehead atoms. The maximum Gasteiger partial charge on any atom is 0.128 e. The molecule has 0 aliphatic rings. The average molecular weight is 259 g/mol. The van der Waals surface area contributed by atoms with Crippen molar-refractivity contribution in [1.82, 2.24) is 4.98 Å². The molecule has 0 saturated carbocycles. The number of halogens is 1. The molecule has 3 rings (SSSR count). The number of phenolic OH excluding ortho intramolecular Hbond substituents is 1. The van der Waals surface area contributed by atoms with Crippen LogP contribution in [0.5, 0.6) is 5.75 Å². The van der Waals surface area contributed by atoms with Gasteiger partial charge in [0, 0.05) is 0 Å². The standard InChI is InChI=1S/C14H10FNOS/c1-8-2-5-12(17)10(6-8)14-16-11-4-3-9(15)7-13(11)18-14/h2-7,17H,1H3. The predicted octanol–water partition coefficient (Wildman–Crippen LogP) is 4.12. The Kier molecular flexibility index (Phi) is 2.52. The van der Waals surface area contributed by atoms with Crippen molar-refractivity contribution in [2.24, 2.45) is 0 Å². The van der Waals surface area contributed by atoms with Crippen LogP contribution in [-0.4, -0.2) is 10.1 Å². The molecule has 0 atom stereocenters. The Hall–Kier alpha value is -1.94. The first-order valence-corrected chi connectivity index (χ1v) is 6.31. The molecule has 0 unspecified atom stereocenters. The summed E-state index contributed by atoms with van der Waals surface area (Å²) in [6.07, 6.45) is 0. The number of benzene rings is 2. The second-order valence-electron chi connectivity index (χ2n) is 4.15. The molecule has 1 N–H and O–H groups in total. The van der Waals surface area contributed by atoms with Gasteiger partial charge in [-0.25, -0.2) is 9.37 Å². The van der Waals surface area contributed by atoms with Gasteiger partial charge in [0.05, 0.1) is 15.8 Å². The quantitative estimate of drug-likeness (QED) is 0.713. The van der Waals surface area contributed by atoms with E-state index in [9.17, 15) is 9.50 Å². The third kappa shape index (κ3) is 1.84. The Morgan fingerprint density at radius 2 is 2.00 bits per heavy atom. The van der Waals surface area contributed by atoms with Crippen molar-refractivity contribution in [3.8, 4) is 16.3 Å². The van der Waals surface area contributed by atoms with Gasteiger partial charge in [0.2, 0.25) is 0 Å². The molecule has 0 aliphatic heterocycles. The number of phenols is 1. The van der Waals surface area contributed by atoms with Gasteiger partial charge in [-0.2, -0.15) is 0 Å². The Balaban J connectivity index is 2.22. The molecule has 0 aliphatic carbocycles. The van der Waals surface area contributed by atoms with Gasteiger partial charge in [0.15, 0.2) is 0 Å². The first-order valence-electron chi connectivity index (χ1n) is 5.49. The van der Waals surface area contributed by atoms with Crippen LogP contribution in [0.3, 0.4) is 0 Å². The van der Waals surface area contributed by atoms with Crippen LogP contribution in [0.1, 0.15) is 5.56 Å². The van der Waals surface area contributed by atoms with E-state index in [0.717, 1.165) is 15.8 Å². The summed E-state index contributed by atoms with van der Waals surface area (Å²) in [5.41, 5.74) is 2.49. The van der Waals surface area contributed by atoms with Crippen molar-refractivity contribution in [3.63, 3.8) is 0 Å². The largest absolute Gasteiger partial charge is 0.507 e. The summed E-state index contributed by atoms with van der Waals surface area (Å²) in [7, 11) is 0. The SMILES string of the molecule is Cc1ccc(O)c(-c2nc3ccc(F)cc3s2)c1. The van der Waals surface area contributed by atoms with Gasteiger partial charge < -0.3 is 5.11 Å². The van der Waals surface area contributed by atoms with Crippen LogP contribution in [0.4, 0.5) is 4.39 Å². The van der Waals surface area contributed by atoms with E-state index in [1.807, 2.05) is 19.1 Å². The van der Waals surface area contributed by atoms with Crippen molar-refractivity contribution < 1.29 is 9.50 Å². The maximum atomic E-state index is 13.1. The number of rotatable bonds is 1. The van der Waals surface area contributed by atoms with E-state index < -0.39 is 0 Å². The molecule has 0 spiro atoms. The van der Waals surface area contributed by atoms with E-state index in [1.54, 1.807) is 12.1 Å². The summed E-state index contributed by atoms with van der Waals surface area (Å²) >= 11 is 1.38. The number of fused-ring (bicyclic) bond motifs is 1. The fourth-order valence-electron chi connectivity index (χ4n) is 1.83. The molecule has 4 heteroatoms.